The Hall–Kier alpha value is -1.52. The van der Waals surface area contributed by atoms with Gasteiger partial charge in [0.25, 0.3) is 5.91 Å². The number of sulfone groups is 2. The molecule has 2 aliphatic heterocycles. The SMILES string of the molecule is O=C(NC[C@@H]1CCCO1)c1cc(S(=O)(=O)[C@@H]2CCS(=O)(=O)C2)ccc1F. The number of nitrogens with one attached hydrogen (secondary N) is 1. The molecule has 0 bridgehead atoms. The number of carbonyl (C=O) groups is 1. The largest absolute Gasteiger partial charge is 0.376 e. The number of hydrogen-bond donors (Lipinski definition) is 1. The molecule has 7 nitrogen and oxygen atoms in total. The third-order valence-corrected chi connectivity index (χ3v) is 8.82. The summed E-state index contributed by atoms with van der Waals surface area (Å²) >= 11 is 0. The zero-order valence-electron chi connectivity index (χ0n) is 14.0. The van der Waals surface area contributed by atoms with Gasteiger partial charge in [0.05, 0.1) is 33.3 Å². The quantitative estimate of drug-likeness (QED) is 0.723. The molecule has 0 unspecified atom stereocenters. The van der Waals surface area contributed by atoms with Gasteiger partial charge in [0.2, 0.25) is 0 Å². The highest BCUT2D eigenvalue weighted by atomic mass is 32.2. The number of amides is 1. The van der Waals surface area contributed by atoms with Crippen LogP contribution in [0, 0.1) is 5.82 Å². The Morgan fingerprint density at radius 2 is 2.08 bits per heavy atom. The molecular weight excluding hydrogens is 385 g/mol. The summed E-state index contributed by atoms with van der Waals surface area (Å²) in [5, 5.41) is 1.48. The van der Waals surface area contributed by atoms with Crippen LogP contribution in [0.2, 0.25) is 0 Å². The van der Waals surface area contributed by atoms with Gasteiger partial charge in [0.1, 0.15) is 5.82 Å². The number of halogens is 1. The molecule has 0 saturated carbocycles. The summed E-state index contributed by atoms with van der Waals surface area (Å²) in [7, 11) is -7.35. The van der Waals surface area contributed by atoms with E-state index < -0.39 is 42.4 Å². The van der Waals surface area contributed by atoms with Gasteiger partial charge in [-0.2, -0.15) is 0 Å². The van der Waals surface area contributed by atoms with Gasteiger partial charge in [0.15, 0.2) is 19.7 Å². The average molecular weight is 405 g/mol. The number of carbonyl (C=O) groups excluding carboxylic acids is 1. The van der Waals surface area contributed by atoms with E-state index in [1.807, 2.05) is 0 Å². The first-order valence-corrected chi connectivity index (χ1v) is 11.7. The summed E-state index contributed by atoms with van der Waals surface area (Å²) in [6.45, 7) is 0.836. The molecule has 26 heavy (non-hydrogen) atoms. The highest BCUT2D eigenvalue weighted by Gasteiger charge is 2.38. The van der Waals surface area contributed by atoms with Gasteiger partial charge in [-0.15, -0.1) is 0 Å². The molecule has 3 rings (SSSR count). The van der Waals surface area contributed by atoms with Crippen LogP contribution in [-0.4, -0.2) is 58.8 Å². The van der Waals surface area contributed by atoms with Gasteiger partial charge < -0.3 is 10.1 Å². The third-order valence-electron chi connectivity index (χ3n) is 4.65. The lowest BCUT2D eigenvalue weighted by atomic mass is 10.2. The molecule has 2 aliphatic rings. The van der Waals surface area contributed by atoms with E-state index in [0.717, 1.165) is 31.0 Å². The number of rotatable bonds is 5. The van der Waals surface area contributed by atoms with Crippen molar-refractivity contribution in [2.75, 3.05) is 24.7 Å². The highest BCUT2D eigenvalue weighted by molar-refractivity contribution is 7.96. The fourth-order valence-electron chi connectivity index (χ4n) is 3.16. The first kappa shape index (κ1) is 19.2. The summed E-state index contributed by atoms with van der Waals surface area (Å²) in [6, 6.07) is 2.95. The fraction of sp³-hybridized carbons (Fsp3) is 0.562. The summed E-state index contributed by atoms with van der Waals surface area (Å²) in [6.07, 6.45) is 1.57. The van der Waals surface area contributed by atoms with Crippen LogP contribution in [0.1, 0.15) is 29.6 Å². The van der Waals surface area contributed by atoms with Crippen LogP contribution < -0.4 is 5.32 Å². The Bertz CT molecular complexity index is 907. The maximum absolute atomic E-state index is 14.0. The lowest BCUT2D eigenvalue weighted by molar-refractivity contribution is 0.0854. The van der Waals surface area contributed by atoms with Gasteiger partial charge in [-0.3, -0.25) is 4.79 Å². The van der Waals surface area contributed by atoms with Crippen molar-refractivity contribution in [3.05, 3.63) is 29.6 Å². The molecule has 0 spiro atoms. The maximum Gasteiger partial charge on any atom is 0.254 e. The first-order valence-electron chi connectivity index (χ1n) is 8.33. The summed E-state index contributed by atoms with van der Waals surface area (Å²) in [5.74, 6) is -2.21. The first-order chi connectivity index (χ1) is 12.2. The van der Waals surface area contributed by atoms with Crippen molar-refractivity contribution < 1.29 is 30.8 Å². The number of ether oxygens (including phenoxy) is 1. The normalized spacial score (nSPS) is 25.3. The van der Waals surface area contributed by atoms with E-state index in [-0.39, 0.29) is 35.3 Å². The van der Waals surface area contributed by atoms with E-state index in [9.17, 15) is 26.0 Å². The molecule has 0 aliphatic carbocycles. The van der Waals surface area contributed by atoms with Crippen LogP contribution in [0.5, 0.6) is 0 Å². The summed E-state index contributed by atoms with van der Waals surface area (Å²) < 4.78 is 67.8. The molecule has 2 heterocycles. The standard InChI is InChI=1S/C16H20FNO6S2/c17-15-4-3-12(26(22,23)13-5-7-25(20,21)10-13)8-14(15)16(19)18-9-11-2-1-6-24-11/h3-4,8,11,13H,1-2,5-7,9-10H2,(H,18,19)/t11-,13+/m0/s1. The van der Waals surface area contributed by atoms with Crippen LogP contribution in [0.4, 0.5) is 4.39 Å². The molecule has 2 saturated heterocycles. The second-order valence-corrected chi connectivity index (χ2v) is 11.0. The van der Waals surface area contributed by atoms with Gasteiger partial charge >= 0.3 is 0 Å². The molecule has 0 radical (unpaired) electrons. The molecule has 1 aromatic carbocycles. The predicted molar refractivity (Wildman–Crippen MR) is 92.0 cm³/mol. The monoisotopic (exact) mass is 405 g/mol. The average Bonchev–Trinajstić information content (AvgIpc) is 3.22. The zero-order chi connectivity index (χ0) is 18.9. The van der Waals surface area contributed by atoms with Crippen LogP contribution in [0.15, 0.2) is 23.1 Å². The molecule has 0 aromatic heterocycles. The van der Waals surface area contributed by atoms with Gasteiger partial charge in [-0.25, -0.2) is 21.2 Å². The van der Waals surface area contributed by atoms with E-state index >= 15 is 0 Å². The molecule has 1 aromatic rings. The Morgan fingerprint density at radius 1 is 1.31 bits per heavy atom. The van der Waals surface area contributed by atoms with E-state index in [1.54, 1.807) is 0 Å². The Kier molecular flexibility index (Phi) is 5.36. The van der Waals surface area contributed by atoms with Crippen molar-refractivity contribution in [2.24, 2.45) is 0 Å². The van der Waals surface area contributed by atoms with Crippen LogP contribution in [0.25, 0.3) is 0 Å². The molecule has 10 heteroatoms. The Labute approximate surface area is 151 Å². The summed E-state index contributed by atoms with van der Waals surface area (Å²) in [5.41, 5.74) is -0.384. The maximum atomic E-state index is 14.0. The van der Waals surface area contributed by atoms with E-state index in [4.69, 9.17) is 4.74 Å². The Morgan fingerprint density at radius 3 is 2.69 bits per heavy atom. The lowest BCUT2D eigenvalue weighted by Crippen LogP contribution is -2.32. The molecular formula is C16H20FNO6S2. The molecule has 144 valence electrons. The van der Waals surface area contributed by atoms with Crippen molar-refractivity contribution in [2.45, 2.75) is 35.5 Å². The third kappa shape index (κ3) is 4.07. The smallest absolute Gasteiger partial charge is 0.254 e. The highest BCUT2D eigenvalue weighted by Crippen LogP contribution is 2.26. The minimum Gasteiger partial charge on any atom is -0.376 e. The van der Waals surface area contributed by atoms with Crippen molar-refractivity contribution in [1.29, 1.82) is 0 Å². The van der Waals surface area contributed by atoms with Crippen molar-refractivity contribution >= 4 is 25.6 Å². The van der Waals surface area contributed by atoms with Crippen molar-refractivity contribution in [1.82, 2.24) is 5.32 Å². The molecule has 1 amide bonds. The topological polar surface area (TPSA) is 107 Å². The molecule has 1 N–H and O–H groups in total. The number of benzene rings is 1. The van der Waals surface area contributed by atoms with Gasteiger partial charge in [-0.1, -0.05) is 0 Å². The van der Waals surface area contributed by atoms with E-state index in [1.165, 1.54) is 0 Å². The molecule has 2 atom stereocenters. The fourth-order valence-corrected chi connectivity index (χ4v) is 7.54. The van der Waals surface area contributed by atoms with Crippen LogP contribution in [-0.2, 0) is 24.4 Å². The second kappa shape index (κ2) is 7.24. The lowest BCUT2D eigenvalue weighted by Gasteiger charge is -2.13. The van der Waals surface area contributed by atoms with Gasteiger partial charge in [0, 0.05) is 13.2 Å². The van der Waals surface area contributed by atoms with Crippen LogP contribution >= 0.6 is 0 Å². The van der Waals surface area contributed by atoms with Crippen molar-refractivity contribution in [3.8, 4) is 0 Å². The molecule has 2 fully saturated rings. The van der Waals surface area contributed by atoms with Crippen LogP contribution in [0.3, 0.4) is 0 Å². The Balaban J connectivity index is 1.79. The summed E-state index contributed by atoms with van der Waals surface area (Å²) in [4.78, 5) is 12.0. The second-order valence-electron chi connectivity index (χ2n) is 6.56. The number of hydrogen-bond acceptors (Lipinski definition) is 6. The van der Waals surface area contributed by atoms with E-state index in [0.29, 0.717) is 6.61 Å². The van der Waals surface area contributed by atoms with Gasteiger partial charge in [-0.05, 0) is 37.5 Å². The zero-order valence-corrected chi connectivity index (χ0v) is 15.6. The van der Waals surface area contributed by atoms with E-state index in [2.05, 4.69) is 5.32 Å². The predicted octanol–water partition coefficient (Wildman–Crippen LogP) is 0.695. The van der Waals surface area contributed by atoms with Crippen molar-refractivity contribution in [3.63, 3.8) is 0 Å². The minimum absolute atomic E-state index is 0.00257. The minimum atomic E-state index is -3.96.